The second-order valence-electron chi connectivity index (χ2n) is 16.9. The Hall–Kier alpha value is -6.06. The van der Waals surface area contributed by atoms with Crippen LogP contribution in [-0.2, 0) is 31.1 Å². The molecule has 0 radical (unpaired) electrons. The highest BCUT2D eigenvalue weighted by molar-refractivity contribution is 6.13. The average Bonchev–Trinajstić information content (AvgIpc) is 3.63. The third-order valence-corrected chi connectivity index (χ3v) is 13.8. The van der Waals surface area contributed by atoms with Gasteiger partial charge in [0.25, 0.3) is 11.8 Å². The summed E-state index contributed by atoms with van der Waals surface area (Å²) in [4.78, 5) is 64.1. The van der Waals surface area contributed by atoms with Gasteiger partial charge >= 0.3 is 0 Å². The predicted octanol–water partition coefficient (Wildman–Crippen LogP) is 7.50. The molecule has 5 aromatic rings. The summed E-state index contributed by atoms with van der Waals surface area (Å²) in [7, 11) is 0. The number of anilines is 1. The van der Waals surface area contributed by atoms with Crippen LogP contribution in [-0.4, -0.2) is 62.7 Å². The lowest BCUT2D eigenvalue weighted by Gasteiger charge is -2.51. The van der Waals surface area contributed by atoms with E-state index in [2.05, 4.69) is 28.5 Å². The van der Waals surface area contributed by atoms with Crippen molar-refractivity contribution >= 4 is 40.1 Å². The van der Waals surface area contributed by atoms with Crippen molar-refractivity contribution in [2.45, 2.75) is 56.5 Å². The van der Waals surface area contributed by atoms with Crippen molar-refractivity contribution in [1.82, 2.24) is 14.8 Å². The number of aryl methyl sites for hydroxylation is 1. The Bertz CT molecular complexity index is 2480. The van der Waals surface area contributed by atoms with Gasteiger partial charge in [-0.05, 0) is 78.8 Å². The molecule has 0 bridgehead atoms. The molecule has 5 aliphatic rings. The average molecular weight is 771 g/mol. The number of likely N-dealkylation sites (tertiary alicyclic amines) is 2. The van der Waals surface area contributed by atoms with Crippen LogP contribution in [0.4, 0.5) is 5.69 Å². The van der Waals surface area contributed by atoms with Crippen LogP contribution in [0.5, 0.6) is 5.75 Å². The smallest absolute Gasteiger partial charge is 0.260 e. The van der Waals surface area contributed by atoms with Gasteiger partial charge < -0.3 is 5.11 Å². The summed E-state index contributed by atoms with van der Waals surface area (Å²) < 4.78 is 0. The van der Waals surface area contributed by atoms with E-state index < -0.39 is 35.0 Å². The minimum atomic E-state index is -1.39. The highest BCUT2D eigenvalue weighted by Crippen LogP contribution is 2.65. The van der Waals surface area contributed by atoms with Gasteiger partial charge in [-0.15, -0.1) is 0 Å². The summed E-state index contributed by atoms with van der Waals surface area (Å²) in [5, 5.41) is 13.7. The van der Waals surface area contributed by atoms with Crippen LogP contribution >= 0.6 is 0 Å². The molecule has 3 saturated heterocycles. The number of nitrogens with one attached hydrogen (secondary N) is 1. The first kappa shape index (κ1) is 36.3. The molecular weight excluding hydrogens is 725 g/mol. The molecule has 2 N–H and O–H groups in total. The third kappa shape index (κ3) is 5.54. The van der Waals surface area contributed by atoms with E-state index in [4.69, 9.17) is 0 Å². The topological polar surface area (TPSA) is 110 Å². The van der Waals surface area contributed by atoms with Gasteiger partial charge in [-0.25, -0.2) is 0 Å². The largest absolute Gasteiger partial charge is 0.507 e. The zero-order valence-corrected chi connectivity index (χ0v) is 32.5. The fourth-order valence-electron chi connectivity index (χ4n) is 11.2. The number of carbonyl (C=O) groups excluding carboxylic acids is 4. The maximum absolute atomic E-state index is 15.6. The van der Waals surface area contributed by atoms with Crippen LogP contribution in [0.25, 0.3) is 10.8 Å². The van der Waals surface area contributed by atoms with Gasteiger partial charge in [0.2, 0.25) is 11.8 Å². The SMILES string of the molecule is Cc1ccc(NN2C(=O)C3CC4C(=CCC5C(=O)N(C6CCN(Cc7ccccc7)CC6)C(=O)C54)C(c4ccc(O)c5ccccc45)C3(c3ccccc3)C2=O)cc1. The van der Waals surface area contributed by atoms with Crippen molar-refractivity contribution < 1.29 is 24.3 Å². The van der Waals surface area contributed by atoms with Gasteiger partial charge in [-0.2, -0.15) is 5.01 Å². The maximum Gasteiger partial charge on any atom is 0.260 e. The van der Waals surface area contributed by atoms with E-state index in [9.17, 15) is 14.7 Å². The zero-order chi connectivity index (χ0) is 39.7. The summed E-state index contributed by atoms with van der Waals surface area (Å²) in [6.45, 7) is 4.39. The van der Waals surface area contributed by atoms with E-state index in [1.165, 1.54) is 10.6 Å². The van der Waals surface area contributed by atoms with Crippen molar-refractivity contribution in [2.24, 2.45) is 23.7 Å². The monoisotopic (exact) mass is 770 g/mol. The number of phenols is 1. The molecule has 292 valence electrons. The van der Waals surface area contributed by atoms with Gasteiger partial charge in [-0.1, -0.05) is 120 Å². The maximum atomic E-state index is 15.6. The van der Waals surface area contributed by atoms with Gasteiger partial charge in [-0.3, -0.25) is 34.4 Å². The summed E-state index contributed by atoms with van der Waals surface area (Å²) in [5.41, 5.74) is 7.13. The molecule has 2 aliphatic carbocycles. The molecule has 0 aromatic heterocycles. The van der Waals surface area contributed by atoms with E-state index in [0.29, 0.717) is 35.9 Å². The first-order valence-electron chi connectivity index (χ1n) is 20.6. The van der Waals surface area contributed by atoms with Crippen LogP contribution in [0, 0.1) is 30.6 Å². The molecule has 3 aliphatic heterocycles. The Kier molecular flexibility index (Phi) is 8.82. The summed E-state index contributed by atoms with van der Waals surface area (Å²) >= 11 is 0. The quantitative estimate of drug-likeness (QED) is 0.130. The number of benzene rings is 5. The lowest BCUT2D eigenvalue weighted by Crippen LogP contribution is -2.53. The Morgan fingerprint density at radius 1 is 0.724 bits per heavy atom. The molecule has 9 nitrogen and oxygen atoms in total. The van der Waals surface area contributed by atoms with E-state index >= 15 is 9.59 Å². The number of nitrogens with zero attached hydrogens (tertiary/aromatic N) is 3. The molecule has 0 spiro atoms. The van der Waals surface area contributed by atoms with Gasteiger partial charge in [0.05, 0.1) is 28.9 Å². The lowest BCUT2D eigenvalue weighted by molar-refractivity contribution is -0.144. The second kappa shape index (κ2) is 14.1. The molecule has 5 aromatic carbocycles. The third-order valence-electron chi connectivity index (χ3n) is 13.8. The number of carbonyl (C=O) groups is 4. The normalized spacial score (nSPS) is 27.4. The van der Waals surface area contributed by atoms with E-state index in [0.717, 1.165) is 41.7 Å². The number of phenolic OH excluding ortho intramolecular Hbond substituents is 1. The number of hydrazine groups is 1. The van der Waals surface area contributed by atoms with Gasteiger partial charge in [0, 0.05) is 37.0 Å². The van der Waals surface area contributed by atoms with Gasteiger partial charge in [0.15, 0.2) is 0 Å². The zero-order valence-electron chi connectivity index (χ0n) is 32.5. The van der Waals surface area contributed by atoms with Crippen molar-refractivity contribution in [3.8, 4) is 5.75 Å². The highest BCUT2D eigenvalue weighted by atomic mass is 16.3. The molecular formula is C49H46N4O5. The van der Waals surface area contributed by atoms with Crippen molar-refractivity contribution in [3.05, 3.63) is 155 Å². The first-order chi connectivity index (χ1) is 28.3. The van der Waals surface area contributed by atoms with E-state index in [-0.39, 0.29) is 41.8 Å². The van der Waals surface area contributed by atoms with Crippen LogP contribution in [0.15, 0.2) is 133 Å². The molecule has 6 atom stereocenters. The van der Waals surface area contributed by atoms with Crippen molar-refractivity contribution in [3.63, 3.8) is 0 Å². The highest BCUT2D eigenvalue weighted by Gasteiger charge is 2.70. The van der Waals surface area contributed by atoms with Crippen LogP contribution in [0.1, 0.15) is 53.9 Å². The number of amides is 4. The Labute approximate surface area is 337 Å². The first-order valence-corrected chi connectivity index (χ1v) is 20.6. The number of piperidine rings is 1. The molecule has 58 heavy (non-hydrogen) atoms. The fourth-order valence-corrected chi connectivity index (χ4v) is 11.2. The van der Waals surface area contributed by atoms with Crippen LogP contribution < -0.4 is 5.43 Å². The molecule has 9 heteroatoms. The standard InChI is InChI=1S/C49H46N4O5/c1-30-16-18-33(19-17-30)50-53-46(56)41-28-40-38(20-21-39-43(40)47(57)52(45(39)55)34-24-26-51(27-25-34)29-31-10-4-2-5-11-31)44(49(41,48(53)58)32-12-6-3-7-13-32)37-22-23-42(54)36-15-9-8-14-35(36)37/h2-20,22-23,34,39-41,43-44,50,54H,21,24-29H2,1H3. The molecule has 10 rings (SSSR count). The number of imide groups is 2. The van der Waals surface area contributed by atoms with Crippen LogP contribution in [0.3, 0.4) is 0 Å². The number of hydrogen-bond donors (Lipinski definition) is 2. The second-order valence-corrected chi connectivity index (χ2v) is 16.9. The summed E-state index contributed by atoms with van der Waals surface area (Å²) in [6, 6.07) is 38.5. The molecule has 4 amide bonds. The molecule has 3 heterocycles. The molecule has 1 saturated carbocycles. The molecule has 6 unspecified atom stereocenters. The summed E-state index contributed by atoms with van der Waals surface area (Å²) in [6.07, 6.45) is 4.16. The van der Waals surface area contributed by atoms with Gasteiger partial charge in [0.1, 0.15) is 5.75 Å². The fraction of sp³-hybridized carbons (Fsp3) is 0.306. The Balaban J connectivity index is 1.07. The predicted molar refractivity (Wildman–Crippen MR) is 221 cm³/mol. The summed E-state index contributed by atoms with van der Waals surface area (Å²) in [5.74, 6) is -4.02. The Morgan fingerprint density at radius 2 is 1.40 bits per heavy atom. The van der Waals surface area contributed by atoms with Crippen molar-refractivity contribution in [2.75, 3.05) is 18.5 Å². The minimum Gasteiger partial charge on any atom is -0.507 e. The number of hydrogen-bond acceptors (Lipinski definition) is 7. The number of allylic oxidation sites excluding steroid dienone is 2. The number of fused-ring (bicyclic) bond motifs is 5. The lowest BCUT2D eigenvalue weighted by atomic mass is 9.49. The number of rotatable bonds is 7. The molecule has 4 fully saturated rings. The van der Waals surface area contributed by atoms with Crippen LogP contribution in [0.2, 0.25) is 0 Å². The number of aromatic hydroxyl groups is 1. The van der Waals surface area contributed by atoms with E-state index in [1.807, 2.05) is 110 Å². The Morgan fingerprint density at radius 3 is 2.12 bits per heavy atom. The van der Waals surface area contributed by atoms with E-state index in [1.54, 1.807) is 11.0 Å². The minimum absolute atomic E-state index is 0.116. The van der Waals surface area contributed by atoms with Crippen molar-refractivity contribution in [1.29, 1.82) is 0 Å².